The van der Waals surface area contributed by atoms with Gasteiger partial charge in [0.25, 0.3) is 5.91 Å². The molecule has 0 aliphatic carbocycles. The summed E-state index contributed by atoms with van der Waals surface area (Å²) in [5.41, 5.74) is 6.59. The van der Waals surface area contributed by atoms with Gasteiger partial charge < -0.3 is 15.4 Å². The molecule has 0 radical (unpaired) electrons. The van der Waals surface area contributed by atoms with E-state index >= 15 is 0 Å². The van der Waals surface area contributed by atoms with Crippen molar-refractivity contribution in [2.45, 2.75) is 13.0 Å². The quantitative estimate of drug-likeness (QED) is 0.883. The molecular formula is C17H16F2N4O3. The summed E-state index contributed by atoms with van der Waals surface area (Å²) in [5, 5.41) is 4.29. The molecule has 26 heavy (non-hydrogen) atoms. The Kier molecular flexibility index (Phi) is 4.97. The van der Waals surface area contributed by atoms with Crippen LogP contribution in [0.25, 0.3) is 0 Å². The van der Waals surface area contributed by atoms with Gasteiger partial charge in [0.15, 0.2) is 0 Å². The van der Waals surface area contributed by atoms with Gasteiger partial charge in [0, 0.05) is 30.4 Å². The molecule has 1 aromatic carbocycles. The van der Waals surface area contributed by atoms with Crippen LogP contribution in [0.3, 0.4) is 0 Å². The Bertz CT molecular complexity index is 861. The minimum absolute atomic E-state index is 0.0145. The molecule has 136 valence electrons. The molecule has 0 atom stereocenters. The van der Waals surface area contributed by atoms with Crippen LogP contribution in [0.2, 0.25) is 0 Å². The maximum Gasteiger partial charge on any atom is 0.404 e. The number of aromatic nitrogens is 2. The lowest BCUT2D eigenvalue weighted by Crippen LogP contribution is -2.37. The van der Waals surface area contributed by atoms with Crippen LogP contribution in [0.5, 0.6) is 0 Å². The summed E-state index contributed by atoms with van der Waals surface area (Å²) in [6.45, 7) is 0.123. The van der Waals surface area contributed by atoms with Crippen LogP contribution < -0.4 is 10.6 Å². The fourth-order valence-corrected chi connectivity index (χ4v) is 2.72. The zero-order valence-corrected chi connectivity index (χ0v) is 13.7. The molecule has 2 amide bonds. The Morgan fingerprint density at radius 2 is 2.08 bits per heavy atom. The van der Waals surface area contributed by atoms with E-state index in [-0.39, 0.29) is 30.4 Å². The molecule has 2 N–H and O–H groups in total. The van der Waals surface area contributed by atoms with Crippen molar-refractivity contribution < 1.29 is 23.1 Å². The first-order valence-electron chi connectivity index (χ1n) is 7.82. The van der Waals surface area contributed by atoms with E-state index in [1.165, 1.54) is 40.0 Å². The molecule has 9 heteroatoms. The van der Waals surface area contributed by atoms with Crippen LogP contribution in [0.15, 0.2) is 42.4 Å². The molecule has 0 saturated carbocycles. The summed E-state index contributed by atoms with van der Waals surface area (Å²) in [4.78, 5) is 24.8. The SMILES string of the molecule is NC(=O)OC/C(=C/F)Cn1cc2c(n1)CCN(c1ccc(F)cc1)C2=O. The average Bonchev–Trinajstić information content (AvgIpc) is 3.03. The minimum Gasteiger partial charge on any atom is -0.445 e. The number of benzene rings is 1. The number of carbonyl (C=O) groups is 2. The van der Waals surface area contributed by atoms with Crippen LogP contribution in [0, 0.1) is 5.82 Å². The number of amides is 2. The third-order valence-electron chi connectivity index (χ3n) is 3.94. The van der Waals surface area contributed by atoms with Crippen molar-refractivity contribution in [1.29, 1.82) is 0 Å². The molecule has 0 spiro atoms. The highest BCUT2D eigenvalue weighted by Gasteiger charge is 2.28. The van der Waals surface area contributed by atoms with Crippen molar-refractivity contribution in [3.8, 4) is 0 Å². The number of halogens is 2. The first-order valence-corrected chi connectivity index (χ1v) is 7.82. The second-order valence-corrected chi connectivity index (χ2v) is 5.75. The molecule has 3 rings (SSSR count). The maximum atomic E-state index is 13.1. The second kappa shape index (κ2) is 7.34. The van der Waals surface area contributed by atoms with Gasteiger partial charge in [0.1, 0.15) is 12.4 Å². The highest BCUT2D eigenvalue weighted by molar-refractivity contribution is 6.07. The fourth-order valence-electron chi connectivity index (χ4n) is 2.72. The van der Waals surface area contributed by atoms with Gasteiger partial charge in [-0.25, -0.2) is 13.6 Å². The predicted molar refractivity (Wildman–Crippen MR) is 88.7 cm³/mol. The third kappa shape index (κ3) is 3.71. The van der Waals surface area contributed by atoms with E-state index in [1.54, 1.807) is 0 Å². The molecule has 0 fully saturated rings. The number of rotatable bonds is 5. The molecule has 0 bridgehead atoms. The summed E-state index contributed by atoms with van der Waals surface area (Å²) < 4.78 is 32.0. The van der Waals surface area contributed by atoms with E-state index in [1.807, 2.05) is 0 Å². The number of anilines is 1. The lowest BCUT2D eigenvalue weighted by molar-refractivity contribution is 0.0980. The monoisotopic (exact) mass is 362 g/mol. The average molecular weight is 362 g/mol. The van der Waals surface area contributed by atoms with Gasteiger partial charge >= 0.3 is 6.09 Å². The predicted octanol–water partition coefficient (Wildman–Crippen LogP) is 2.17. The van der Waals surface area contributed by atoms with Gasteiger partial charge in [0.2, 0.25) is 0 Å². The molecule has 1 aromatic heterocycles. The number of fused-ring (bicyclic) bond motifs is 1. The van der Waals surface area contributed by atoms with Crippen LogP contribution in [-0.4, -0.2) is 34.9 Å². The normalized spacial score (nSPS) is 14.3. The lowest BCUT2D eigenvalue weighted by atomic mass is 10.1. The molecule has 2 heterocycles. The Morgan fingerprint density at radius 3 is 2.73 bits per heavy atom. The summed E-state index contributed by atoms with van der Waals surface area (Å²) in [7, 11) is 0. The second-order valence-electron chi connectivity index (χ2n) is 5.75. The van der Waals surface area contributed by atoms with E-state index in [0.717, 1.165) is 0 Å². The van der Waals surface area contributed by atoms with Gasteiger partial charge in [-0.15, -0.1) is 0 Å². The highest BCUT2D eigenvalue weighted by atomic mass is 19.1. The Balaban J connectivity index is 1.76. The van der Waals surface area contributed by atoms with Crippen LogP contribution in [0.4, 0.5) is 19.3 Å². The van der Waals surface area contributed by atoms with E-state index in [4.69, 9.17) is 5.73 Å². The summed E-state index contributed by atoms with van der Waals surface area (Å²) in [6.07, 6.45) is 1.34. The number of hydrogen-bond acceptors (Lipinski definition) is 4. The van der Waals surface area contributed by atoms with Crippen molar-refractivity contribution in [3.05, 3.63) is 59.4 Å². The topological polar surface area (TPSA) is 90.5 Å². The van der Waals surface area contributed by atoms with Crippen LogP contribution in [0.1, 0.15) is 16.1 Å². The summed E-state index contributed by atoms with van der Waals surface area (Å²) in [6, 6.07) is 5.65. The number of hydrogen-bond donors (Lipinski definition) is 1. The van der Waals surface area contributed by atoms with E-state index in [0.29, 0.717) is 36.2 Å². The number of ether oxygens (including phenoxy) is 1. The van der Waals surface area contributed by atoms with Crippen molar-refractivity contribution in [3.63, 3.8) is 0 Å². The van der Waals surface area contributed by atoms with Crippen molar-refractivity contribution in [2.24, 2.45) is 5.73 Å². The Labute approximate surface area is 147 Å². The number of nitrogens with zero attached hydrogens (tertiary/aromatic N) is 3. The zero-order valence-electron chi connectivity index (χ0n) is 13.7. The number of carbonyl (C=O) groups excluding carboxylic acids is 2. The van der Waals surface area contributed by atoms with Crippen molar-refractivity contribution in [2.75, 3.05) is 18.1 Å². The number of nitrogens with two attached hydrogens (primary N) is 1. The van der Waals surface area contributed by atoms with Crippen molar-refractivity contribution >= 4 is 17.7 Å². The number of primary amides is 1. The molecule has 7 nitrogen and oxygen atoms in total. The Hall–Kier alpha value is -3.23. The summed E-state index contributed by atoms with van der Waals surface area (Å²) >= 11 is 0. The van der Waals surface area contributed by atoms with Gasteiger partial charge in [-0.05, 0) is 24.3 Å². The van der Waals surface area contributed by atoms with Gasteiger partial charge in [-0.2, -0.15) is 5.10 Å². The van der Waals surface area contributed by atoms with Gasteiger partial charge in [0.05, 0.1) is 24.1 Å². The first-order chi connectivity index (χ1) is 12.5. The molecule has 0 unspecified atom stereocenters. The summed E-state index contributed by atoms with van der Waals surface area (Å²) in [5.74, 6) is -0.640. The standard InChI is InChI=1S/C17H16F2N4O3/c18-7-11(10-26-17(20)25)8-22-9-14-15(21-22)5-6-23(16(14)24)13-3-1-12(19)2-4-13/h1-4,7,9H,5-6,8,10H2,(H2,20,25)/b11-7+. The highest BCUT2D eigenvalue weighted by Crippen LogP contribution is 2.24. The van der Waals surface area contributed by atoms with Crippen molar-refractivity contribution in [1.82, 2.24) is 9.78 Å². The molecule has 1 aliphatic heterocycles. The molecule has 1 aliphatic rings. The Morgan fingerprint density at radius 1 is 1.35 bits per heavy atom. The van der Waals surface area contributed by atoms with E-state index in [2.05, 4.69) is 9.84 Å². The van der Waals surface area contributed by atoms with E-state index in [9.17, 15) is 18.4 Å². The van der Waals surface area contributed by atoms with Gasteiger partial charge in [-0.3, -0.25) is 9.48 Å². The van der Waals surface area contributed by atoms with Gasteiger partial charge in [-0.1, -0.05) is 0 Å². The minimum atomic E-state index is -1.01. The lowest BCUT2D eigenvalue weighted by Gasteiger charge is -2.26. The maximum absolute atomic E-state index is 13.1. The smallest absolute Gasteiger partial charge is 0.404 e. The molecule has 2 aromatic rings. The van der Waals surface area contributed by atoms with E-state index < -0.39 is 6.09 Å². The fraction of sp³-hybridized carbons (Fsp3) is 0.235. The largest absolute Gasteiger partial charge is 0.445 e. The van der Waals surface area contributed by atoms with Crippen LogP contribution in [-0.2, 0) is 17.7 Å². The molecular weight excluding hydrogens is 346 g/mol. The zero-order chi connectivity index (χ0) is 18.7. The third-order valence-corrected chi connectivity index (χ3v) is 3.94. The molecule has 0 saturated heterocycles. The van der Waals surface area contributed by atoms with Crippen LogP contribution >= 0.6 is 0 Å². The first kappa shape index (κ1) is 17.6.